The van der Waals surface area contributed by atoms with Crippen molar-refractivity contribution in [3.63, 3.8) is 0 Å². The number of rotatable bonds is 5. The number of nitrogens with one attached hydrogen (secondary N) is 1. The van der Waals surface area contributed by atoms with E-state index in [0.717, 1.165) is 27.9 Å². The average Bonchev–Trinajstić information content (AvgIpc) is 3.01. The Labute approximate surface area is 116 Å². The van der Waals surface area contributed by atoms with Gasteiger partial charge in [-0.15, -0.1) is 23.2 Å². The van der Waals surface area contributed by atoms with Crippen molar-refractivity contribution in [2.75, 3.05) is 6.54 Å². The zero-order chi connectivity index (χ0) is 12.8. The van der Waals surface area contributed by atoms with E-state index in [1.54, 1.807) is 17.6 Å². The summed E-state index contributed by atoms with van der Waals surface area (Å²) in [6.45, 7) is 2.67. The summed E-state index contributed by atoms with van der Waals surface area (Å²) in [6.07, 6.45) is 2.51. The molecule has 0 aliphatic heterocycles. The summed E-state index contributed by atoms with van der Waals surface area (Å²) < 4.78 is 6.27. The molecule has 2 heterocycles. The fraction of sp³-hybridized carbons (Fsp3) is 0.286. The van der Waals surface area contributed by atoms with Crippen LogP contribution in [0.5, 0.6) is 0 Å². The third kappa shape index (κ3) is 3.39. The summed E-state index contributed by atoms with van der Waals surface area (Å²) in [5.41, 5.74) is 0. The molecule has 0 saturated heterocycles. The van der Waals surface area contributed by atoms with Gasteiger partial charge >= 0.3 is 0 Å². The molecule has 0 aromatic carbocycles. The molecule has 1 atom stereocenters. The van der Waals surface area contributed by atoms with Crippen LogP contribution < -0.4 is 5.32 Å². The second-order valence-electron chi connectivity index (χ2n) is 3.72. The highest BCUT2D eigenvalue weighted by atomic mass is 35.5. The highest BCUT2D eigenvalue weighted by Crippen LogP contribution is 2.31. The maximum Gasteiger partial charge on any atom is 0.126 e. The minimum atomic E-state index is 0.0520. The van der Waals surface area contributed by atoms with Crippen LogP contribution in [0.25, 0.3) is 0 Å². The van der Waals surface area contributed by atoms with Crippen molar-refractivity contribution in [3.05, 3.63) is 45.5 Å². The highest BCUT2D eigenvalue weighted by Gasteiger charge is 2.17. The summed E-state index contributed by atoms with van der Waals surface area (Å²) in [5, 5.41) is 3.44. The molecule has 94 valence electrons. The lowest BCUT2D eigenvalue weighted by Crippen LogP contribution is -2.22. The van der Waals surface area contributed by atoms with Crippen molar-refractivity contribution in [1.29, 1.82) is 0 Å². The smallest absolute Gasteiger partial charge is 0.126 e. The second kappa shape index (κ2) is 6.65. The molecule has 0 spiro atoms. The van der Waals surface area contributed by atoms with Crippen molar-refractivity contribution in [3.8, 4) is 11.8 Å². The summed E-state index contributed by atoms with van der Waals surface area (Å²) in [5.74, 6) is 6.83. The number of furan rings is 1. The van der Waals surface area contributed by atoms with Gasteiger partial charge < -0.3 is 9.73 Å². The second-order valence-corrected chi connectivity index (χ2v) is 5.47. The highest BCUT2D eigenvalue weighted by molar-refractivity contribution is 7.16. The number of hydrogen-bond donors (Lipinski definition) is 1. The third-order valence-electron chi connectivity index (χ3n) is 2.48. The van der Waals surface area contributed by atoms with Crippen molar-refractivity contribution < 1.29 is 4.42 Å². The normalized spacial score (nSPS) is 11.9. The summed E-state index contributed by atoms with van der Waals surface area (Å²) in [6, 6.07) is 7.85. The molecule has 1 N–H and O–H groups in total. The van der Waals surface area contributed by atoms with Gasteiger partial charge in [-0.3, -0.25) is 0 Å². The minimum Gasteiger partial charge on any atom is -0.467 e. The van der Waals surface area contributed by atoms with Crippen LogP contribution >= 0.6 is 22.9 Å². The van der Waals surface area contributed by atoms with Crippen LogP contribution in [0.15, 0.2) is 34.9 Å². The average molecular weight is 280 g/mol. The van der Waals surface area contributed by atoms with Crippen LogP contribution in [0.3, 0.4) is 0 Å². The monoisotopic (exact) mass is 279 g/mol. The van der Waals surface area contributed by atoms with Crippen LogP contribution in [0.2, 0.25) is 4.34 Å². The molecular weight excluding hydrogens is 266 g/mol. The standard InChI is InChI=1S/C14H14ClNOS/c1-2-3-4-9-16-14(11-6-5-10-17-11)12-7-8-13(15)18-12/h5-8,10,14,16H,4,9H2,1H3. The first-order valence-corrected chi connectivity index (χ1v) is 6.92. The Morgan fingerprint density at radius 1 is 1.44 bits per heavy atom. The molecule has 4 heteroatoms. The maximum atomic E-state index is 5.99. The van der Waals surface area contributed by atoms with E-state index in [-0.39, 0.29) is 6.04 Å². The first kappa shape index (κ1) is 13.2. The molecule has 0 bridgehead atoms. The quantitative estimate of drug-likeness (QED) is 0.659. The van der Waals surface area contributed by atoms with Gasteiger partial charge in [-0.05, 0) is 31.2 Å². The van der Waals surface area contributed by atoms with Crippen LogP contribution in [0, 0.1) is 11.8 Å². The van der Waals surface area contributed by atoms with Crippen LogP contribution in [0.1, 0.15) is 30.0 Å². The zero-order valence-corrected chi connectivity index (χ0v) is 11.6. The molecule has 0 radical (unpaired) electrons. The molecule has 2 nitrogen and oxygen atoms in total. The van der Waals surface area contributed by atoms with Crippen LogP contribution in [-0.2, 0) is 0 Å². The molecule has 1 unspecified atom stereocenters. The Morgan fingerprint density at radius 3 is 2.94 bits per heavy atom. The molecule has 0 amide bonds. The van der Waals surface area contributed by atoms with Crippen molar-refractivity contribution >= 4 is 22.9 Å². The Balaban J connectivity index is 2.10. The van der Waals surface area contributed by atoms with Gasteiger partial charge in [0, 0.05) is 17.8 Å². The lowest BCUT2D eigenvalue weighted by Gasteiger charge is -2.14. The lowest BCUT2D eigenvalue weighted by atomic mass is 10.2. The predicted molar refractivity (Wildman–Crippen MR) is 75.9 cm³/mol. The van der Waals surface area contributed by atoms with E-state index in [0.29, 0.717) is 0 Å². The fourth-order valence-electron chi connectivity index (χ4n) is 1.68. The summed E-state index contributed by atoms with van der Waals surface area (Å²) in [7, 11) is 0. The van der Waals surface area contributed by atoms with Crippen molar-refractivity contribution in [2.45, 2.75) is 19.4 Å². The Morgan fingerprint density at radius 2 is 2.33 bits per heavy atom. The summed E-state index contributed by atoms with van der Waals surface area (Å²) >= 11 is 7.55. The number of hydrogen-bond acceptors (Lipinski definition) is 3. The van der Waals surface area contributed by atoms with Gasteiger partial charge in [0.15, 0.2) is 0 Å². The third-order valence-corrected chi connectivity index (χ3v) is 3.78. The van der Waals surface area contributed by atoms with Crippen molar-refractivity contribution in [1.82, 2.24) is 5.32 Å². The van der Waals surface area contributed by atoms with Crippen molar-refractivity contribution in [2.24, 2.45) is 0 Å². The largest absolute Gasteiger partial charge is 0.467 e. The van der Waals surface area contributed by atoms with Gasteiger partial charge in [-0.1, -0.05) is 11.6 Å². The first-order chi connectivity index (χ1) is 8.81. The Bertz CT molecular complexity index is 536. The van der Waals surface area contributed by atoms with Gasteiger partial charge in [0.2, 0.25) is 0 Å². The molecule has 18 heavy (non-hydrogen) atoms. The molecule has 0 aliphatic carbocycles. The van der Waals surface area contributed by atoms with E-state index in [2.05, 4.69) is 17.2 Å². The van der Waals surface area contributed by atoms with Gasteiger partial charge in [0.1, 0.15) is 11.8 Å². The zero-order valence-electron chi connectivity index (χ0n) is 10.1. The van der Waals surface area contributed by atoms with E-state index >= 15 is 0 Å². The fourth-order valence-corrected chi connectivity index (χ4v) is 2.83. The van der Waals surface area contributed by atoms with Crippen LogP contribution in [0.4, 0.5) is 0 Å². The minimum absolute atomic E-state index is 0.0520. The molecule has 2 aromatic heterocycles. The van der Waals surface area contributed by atoms with Gasteiger partial charge in [-0.25, -0.2) is 0 Å². The SMILES string of the molecule is CC#CCCNC(c1ccco1)c1ccc(Cl)s1. The summed E-state index contributed by atoms with van der Waals surface area (Å²) in [4.78, 5) is 1.15. The van der Waals surface area contributed by atoms with E-state index in [9.17, 15) is 0 Å². The van der Waals surface area contributed by atoms with Gasteiger partial charge in [0.25, 0.3) is 0 Å². The Kier molecular flexibility index (Phi) is 4.89. The number of halogens is 1. The molecular formula is C14H14ClNOS. The topological polar surface area (TPSA) is 25.2 Å². The number of thiophene rings is 1. The van der Waals surface area contributed by atoms with E-state index in [4.69, 9.17) is 16.0 Å². The van der Waals surface area contributed by atoms with E-state index in [1.165, 1.54) is 0 Å². The first-order valence-electron chi connectivity index (χ1n) is 5.73. The van der Waals surface area contributed by atoms with E-state index < -0.39 is 0 Å². The van der Waals surface area contributed by atoms with E-state index in [1.807, 2.05) is 31.2 Å². The lowest BCUT2D eigenvalue weighted by molar-refractivity contribution is 0.452. The van der Waals surface area contributed by atoms with Gasteiger partial charge in [-0.2, -0.15) is 0 Å². The van der Waals surface area contributed by atoms with Crippen LogP contribution in [-0.4, -0.2) is 6.54 Å². The Hall–Kier alpha value is -1.21. The molecule has 2 rings (SSSR count). The molecule has 0 aliphatic rings. The molecule has 0 saturated carbocycles. The molecule has 0 fully saturated rings. The van der Waals surface area contributed by atoms with Gasteiger partial charge in [0.05, 0.1) is 10.6 Å². The molecule has 2 aromatic rings. The maximum absolute atomic E-state index is 5.99. The predicted octanol–water partition coefficient (Wildman–Crippen LogP) is 4.09.